The molecular formula is C15H23NS2. The topological polar surface area (TPSA) is 26.0 Å². The smallest absolute Gasteiger partial charge is 0.136 e. The zero-order valence-electron chi connectivity index (χ0n) is 11.2. The van der Waals surface area contributed by atoms with Crippen molar-refractivity contribution < 1.29 is 0 Å². The molecule has 0 spiro atoms. The molecule has 1 aromatic carbocycles. The van der Waals surface area contributed by atoms with Gasteiger partial charge in [-0.25, -0.2) is 0 Å². The third-order valence-electron chi connectivity index (χ3n) is 2.98. The summed E-state index contributed by atoms with van der Waals surface area (Å²) in [6.07, 6.45) is 9.14. The molecule has 0 aliphatic carbocycles. The van der Waals surface area contributed by atoms with Gasteiger partial charge in [0.2, 0.25) is 0 Å². The highest BCUT2D eigenvalue weighted by atomic mass is 32.2. The molecule has 0 radical (unpaired) electrons. The largest absolute Gasteiger partial charge is 0.384 e. The minimum atomic E-state index is 0.505. The highest BCUT2D eigenvalue weighted by Gasteiger charge is 2.03. The molecule has 0 heterocycles. The zero-order chi connectivity index (χ0) is 13.2. The van der Waals surface area contributed by atoms with Gasteiger partial charge in [-0.3, -0.25) is 0 Å². The first-order chi connectivity index (χ1) is 8.74. The molecule has 0 bridgehead atoms. The van der Waals surface area contributed by atoms with Crippen LogP contribution in [0.3, 0.4) is 0 Å². The lowest BCUT2D eigenvalue weighted by molar-refractivity contribution is 0.606. The second-order valence-corrected chi connectivity index (χ2v) is 6.33. The quantitative estimate of drug-likeness (QED) is 0.416. The van der Waals surface area contributed by atoms with Gasteiger partial charge in [0.15, 0.2) is 0 Å². The Hall–Kier alpha value is -0.540. The van der Waals surface area contributed by atoms with E-state index in [1.54, 1.807) is 0 Å². The number of nitrogens with two attached hydrogens (primary N) is 1. The zero-order valence-corrected chi connectivity index (χ0v) is 12.8. The number of thioether (sulfide) groups is 1. The fraction of sp³-hybridized carbons (Fsp3) is 0.533. The van der Waals surface area contributed by atoms with E-state index in [0.29, 0.717) is 4.32 Å². The van der Waals surface area contributed by atoms with Crippen LogP contribution in [0.1, 0.15) is 51.0 Å². The third kappa shape index (κ3) is 6.41. The highest BCUT2D eigenvalue weighted by molar-refractivity contribution is 8.23. The summed E-state index contributed by atoms with van der Waals surface area (Å²) in [5, 5.41) is 0. The standard InChI is InChI=1S/C15H23NS2/c1-2-3-4-5-6-7-10-13-11-8-9-12-14(13)18-15(16)17/h8-9,11-12H,2-7,10H2,1H3,(H2,16,17). The number of thiocarbonyl (C=S) groups is 1. The Morgan fingerprint density at radius 1 is 1.11 bits per heavy atom. The molecule has 0 aliphatic heterocycles. The van der Waals surface area contributed by atoms with Crippen molar-refractivity contribution in [1.82, 2.24) is 0 Å². The van der Waals surface area contributed by atoms with E-state index in [-0.39, 0.29) is 0 Å². The van der Waals surface area contributed by atoms with Gasteiger partial charge in [0, 0.05) is 4.90 Å². The molecule has 0 fully saturated rings. The van der Waals surface area contributed by atoms with Crippen molar-refractivity contribution in [3.63, 3.8) is 0 Å². The maximum Gasteiger partial charge on any atom is 0.136 e. The van der Waals surface area contributed by atoms with Crippen LogP contribution in [0.5, 0.6) is 0 Å². The normalized spacial score (nSPS) is 10.5. The molecule has 1 rings (SSSR count). The molecule has 2 N–H and O–H groups in total. The minimum Gasteiger partial charge on any atom is -0.384 e. The van der Waals surface area contributed by atoms with E-state index in [1.807, 2.05) is 6.07 Å². The van der Waals surface area contributed by atoms with E-state index in [9.17, 15) is 0 Å². The predicted octanol–water partition coefficient (Wildman–Crippen LogP) is 4.93. The van der Waals surface area contributed by atoms with Gasteiger partial charge in [0.05, 0.1) is 0 Å². The van der Waals surface area contributed by atoms with Crippen molar-refractivity contribution in [2.45, 2.75) is 56.8 Å². The Balaban J connectivity index is 2.34. The summed E-state index contributed by atoms with van der Waals surface area (Å²) in [6.45, 7) is 2.25. The summed E-state index contributed by atoms with van der Waals surface area (Å²) in [7, 11) is 0. The monoisotopic (exact) mass is 281 g/mol. The van der Waals surface area contributed by atoms with Gasteiger partial charge in [0.25, 0.3) is 0 Å². The second-order valence-electron chi connectivity index (χ2n) is 4.55. The molecule has 18 heavy (non-hydrogen) atoms. The fourth-order valence-electron chi connectivity index (χ4n) is 2.01. The van der Waals surface area contributed by atoms with Crippen molar-refractivity contribution in [3.05, 3.63) is 29.8 Å². The minimum absolute atomic E-state index is 0.505. The summed E-state index contributed by atoms with van der Waals surface area (Å²) in [4.78, 5) is 1.22. The van der Waals surface area contributed by atoms with Crippen LogP contribution >= 0.6 is 24.0 Å². The molecule has 0 aliphatic rings. The second kappa shape index (κ2) is 9.40. The number of hydrogen-bond donors (Lipinski definition) is 1. The summed E-state index contributed by atoms with van der Waals surface area (Å²) in [5.41, 5.74) is 6.98. The molecule has 1 aromatic rings. The predicted molar refractivity (Wildman–Crippen MR) is 86.2 cm³/mol. The average Bonchev–Trinajstić information content (AvgIpc) is 2.35. The van der Waals surface area contributed by atoms with Crippen LogP contribution in [0.4, 0.5) is 0 Å². The Kier molecular flexibility index (Phi) is 8.10. The van der Waals surface area contributed by atoms with Gasteiger partial charge < -0.3 is 5.73 Å². The first-order valence-electron chi connectivity index (χ1n) is 6.79. The van der Waals surface area contributed by atoms with Crippen LogP contribution in [-0.4, -0.2) is 4.32 Å². The van der Waals surface area contributed by atoms with Gasteiger partial charge in [-0.2, -0.15) is 0 Å². The third-order valence-corrected chi connectivity index (χ3v) is 4.05. The van der Waals surface area contributed by atoms with Gasteiger partial charge >= 0.3 is 0 Å². The van der Waals surface area contributed by atoms with E-state index in [2.05, 4.69) is 25.1 Å². The molecule has 0 atom stereocenters. The summed E-state index contributed by atoms with van der Waals surface area (Å²) < 4.78 is 0.505. The Morgan fingerprint density at radius 2 is 1.78 bits per heavy atom. The van der Waals surface area contributed by atoms with E-state index in [1.165, 1.54) is 60.7 Å². The fourth-order valence-corrected chi connectivity index (χ4v) is 2.95. The highest BCUT2D eigenvalue weighted by Crippen LogP contribution is 2.24. The number of hydrogen-bond acceptors (Lipinski definition) is 2. The molecule has 100 valence electrons. The molecule has 0 saturated heterocycles. The maximum absolute atomic E-state index is 5.60. The Morgan fingerprint density at radius 3 is 2.50 bits per heavy atom. The van der Waals surface area contributed by atoms with Gasteiger partial charge in [0.1, 0.15) is 4.32 Å². The van der Waals surface area contributed by atoms with Crippen LogP contribution < -0.4 is 5.73 Å². The van der Waals surface area contributed by atoms with E-state index < -0.39 is 0 Å². The Bertz CT molecular complexity index is 363. The van der Waals surface area contributed by atoms with Gasteiger partial charge in [-0.05, 0) is 24.5 Å². The molecule has 3 heteroatoms. The van der Waals surface area contributed by atoms with E-state index in [4.69, 9.17) is 18.0 Å². The van der Waals surface area contributed by atoms with Crippen molar-refractivity contribution in [1.29, 1.82) is 0 Å². The molecule has 0 amide bonds. The van der Waals surface area contributed by atoms with Crippen LogP contribution in [0.15, 0.2) is 29.2 Å². The molecule has 0 aromatic heterocycles. The van der Waals surface area contributed by atoms with Crippen molar-refractivity contribution in [2.24, 2.45) is 5.73 Å². The summed E-state index contributed by atoms with van der Waals surface area (Å²) in [5.74, 6) is 0. The molecule has 0 saturated carbocycles. The lowest BCUT2D eigenvalue weighted by atomic mass is 10.1. The van der Waals surface area contributed by atoms with Gasteiger partial charge in [-0.15, -0.1) is 0 Å². The van der Waals surface area contributed by atoms with Crippen LogP contribution in [-0.2, 0) is 6.42 Å². The maximum atomic E-state index is 5.60. The lowest BCUT2D eigenvalue weighted by Gasteiger charge is -2.08. The number of unbranched alkanes of at least 4 members (excludes halogenated alkanes) is 5. The van der Waals surface area contributed by atoms with E-state index >= 15 is 0 Å². The molecular weight excluding hydrogens is 258 g/mol. The Labute approximate surface area is 121 Å². The van der Waals surface area contributed by atoms with Crippen molar-refractivity contribution in [2.75, 3.05) is 0 Å². The van der Waals surface area contributed by atoms with Crippen molar-refractivity contribution in [3.8, 4) is 0 Å². The van der Waals surface area contributed by atoms with Crippen LogP contribution in [0, 0.1) is 0 Å². The number of aryl methyl sites for hydroxylation is 1. The number of benzene rings is 1. The first kappa shape index (κ1) is 15.5. The van der Waals surface area contributed by atoms with Crippen LogP contribution in [0.25, 0.3) is 0 Å². The van der Waals surface area contributed by atoms with E-state index in [0.717, 1.165) is 6.42 Å². The number of rotatable bonds is 8. The molecule has 1 nitrogen and oxygen atoms in total. The van der Waals surface area contributed by atoms with Crippen molar-refractivity contribution >= 4 is 28.3 Å². The average molecular weight is 281 g/mol. The SMILES string of the molecule is CCCCCCCCc1ccccc1SC(N)=S. The first-order valence-corrected chi connectivity index (χ1v) is 8.01. The summed E-state index contributed by atoms with van der Waals surface area (Å²) in [6, 6.07) is 8.43. The van der Waals surface area contributed by atoms with Crippen LogP contribution in [0.2, 0.25) is 0 Å². The lowest BCUT2D eigenvalue weighted by Crippen LogP contribution is -2.02. The van der Waals surface area contributed by atoms with Gasteiger partial charge in [-0.1, -0.05) is 81.2 Å². The summed E-state index contributed by atoms with van der Waals surface area (Å²) >= 11 is 6.47. The molecule has 0 unspecified atom stereocenters.